The molecule has 1 aromatic rings. The Labute approximate surface area is 110 Å². The number of aliphatic carboxylic acids is 1. The lowest BCUT2D eigenvalue weighted by molar-refractivity contribution is -0.132. The molecular weight excluding hydrogens is 282 g/mol. The third kappa shape index (κ3) is 4.71. The number of carboxylic acids is 1. The first-order valence-electron chi connectivity index (χ1n) is 5.39. The Morgan fingerprint density at radius 2 is 2.29 bits per heavy atom. The molecule has 0 fully saturated rings. The summed E-state index contributed by atoms with van der Waals surface area (Å²) >= 11 is 3.42. The number of hydrogen-bond donors (Lipinski definition) is 2. The predicted molar refractivity (Wildman–Crippen MR) is 72.0 cm³/mol. The van der Waals surface area contributed by atoms with Gasteiger partial charge >= 0.3 is 5.97 Å². The van der Waals surface area contributed by atoms with Crippen LogP contribution in [0.25, 0.3) is 0 Å². The standard InChI is InChI=1S/C13H16BrNO2/c1-9(13(16)17)6-7-15-10(2)11-4-3-5-12(14)8-11/h3-6,8,10,15H,7H2,1-2H3,(H,16,17)/b9-6-/t10-/m1/s1. The van der Waals surface area contributed by atoms with Gasteiger partial charge in [0.25, 0.3) is 0 Å². The molecule has 1 rings (SSSR count). The van der Waals surface area contributed by atoms with E-state index in [-0.39, 0.29) is 6.04 Å². The second kappa shape index (κ2) is 6.57. The van der Waals surface area contributed by atoms with Gasteiger partial charge in [-0.1, -0.05) is 34.1 Å². The Kier molecular flexibility index (Phi) is 5.38. The SMILES string of the molecule is C/C(=C/CN[C@H](C)c1cccc(Br)c1)C(=O)O. The maximum absolute atomic E-state index is 10.6. The van der Waals surface area contributed by atoms with E-state index in [1.54, 1.807) is 13.0 Å². The van der Waals surface area contributed by atoms with Crippen molar-refractivity contribution in [2.75, 3.05) is 6.54 Å². The van der Waals surface area contributed by atoms with Gasteiger partial charge in [0.2, 0.25) is 0 Å². The van der Waals surface area contributed by atoms with E-state index in [4.69, 9.17) is 5.11 Å². The molecule has 17 heavy (non-hydrogen) atoms. The fraction of sp³-hybridized carbons (Fsp3) is 0.308. The van der Waals surface area contributed by atoms with Gasteiger partial charge in [-0.25, -0.2) is 4.79 Å². The van der Waals surface area contributed by atoms with Crippen molar-refractivity contribution in [3.63, 3.8) is 0 Å². The molecule has 92 valence electrons. The maximum atomic E-state index is 10.6. The third-order valence-electron chi connectivity index (χ3n) is 2.52. The van der Waals surface area contributed by atoms with E-state index in [9.17, 15) is 4.79 Å². The smallest absolute Gasteiger partial charge is 0.330 e. The van der Waals surface area contributed by atoms with Crippen molar-refractivity contribution in [3.8, 4) is 0 Å². The molecule has 1 atom stereocenters. The second-order valence-electron chi connectivity index (χ2n) is 3.88. The molecule has 0 radical (unpaired) electrons. The topological polar surface area (TPSA) is 49.3 Å². The van der Waals surface area contributed by atoms with Crippen LogP contribution in [0.1, 0.15) is 25.5 Å². The van der Waals surface area contributed by atoms with Crippen LogP contribution in [-0.4, -0.2) is 17.6 Å². The molecular formula is C13H16BrNO2. The summed E-state index contributed by atoms with van der Waals surface area (Å²) in [6.07, 6.45) is 1.68. The molecule has 0 aliphatic heterocycles. The lowest BCUT2D eigenvalue weighted by atomic mass is 10.1. The van der Waals surface area contributed by atoms with E-state index in [0.29, 0.717) is 12.1 Å². The van der Waals surface area contributed by atoms with E-state index >= 15 is 0 Å². The quantitative estimate of drug-likeness (QED) is 0.821. The fourth-order valence-electron chi connectivity index (χ4n) is 1.37. The summed E-state index contributed by atoms with van der Waals surface area (Å²) in [5.74, 6) is -0.873. The first kappa shape index (κ1) is 13.9. The van der Waals surface area contributed by atoms with Crippen molar-refractivity contribution in [2.45, 2.75) is 19.9 Å². The van der Waals surface area contributed by atoms with Crippen LogP contribution >= 0.6 is 15.9 Å². The molecule has 0 bridgehead atoms. The summed E-state index contributed by atoms with van der Waals surface area (Å²) in [5, 5.41) is 11.9. The van der Waals surface area contributed by atoms with Crippen molar-refractivity contribution >= 4 is 21.9 Å². The van der Waals surface area contributed by atoms with Gasteiger partial charge in [0, 0.05) is 22.6 Å². The van der Waals surface area contributed by atoms with Crippen LogP contribution in [0.15, 0.2) is 40.4 Å². The van der Waals surface area contributed by atoms with Crippen LogP contribution in [0.4, 0.5) is 0 Å². The molecule has 0 saturated heterocycles. The average Bonchev–Trinajstić information content (AvgIpc) is 2.28. The minimum atomic E-state index is -0.873. The van der Waals surface area contributed by atoms with Crippen molar-refractivity contribution in [3.05, 3.63) is 46.0 Å². The molecule has 0 aromatic heterocycles. The number of benzene rings is 1. The van der Waals surface area contributed by atoms with Crippen molar-refractivity contribution < 1.29 is 9.90 Å². The van der Waals surface area contributed by atoms with Gasteiger partial charge in [0.05, 0.1) is 0 Å². The highest BCUT2D eigenvalue weighted by molar-refractivity contribution is 9.10. The summed E-state index contributed by atoms with van der Waals surface area (Å²) < 4.78 is 1.04. The molecule has 3 nitrogen and oxygen atoms in total. The number of carboxylic acid groups (broad SMARTS) is 1. The van der Waals surface area contributed by atoms with Crippen LogP contribution < -0.4 is 5.32 Å². The summed E-state index contributed by atoms with van der Waals surface area (Å²) in [6, 6.07) is 8.23. The summed E-state index contributed by atoms with van der Waals surface area (Å²) in [5.41, 5.74) is 1.53. The van der Waals surface area contributed by atoms with E-state index in [1.807, 2.05) is 31.2 Å². The van der Waals surface area contributed by atoms with Gasteiger partial charge in [-0.3, -0.25) is 0 Å². The number of halogens is 1. The summed E-state index contributed by atoms with van der Waals surface area (Å²) in [4.78, 5) is 10.6. The largest absolute Gasteiger partial charge is 0.478 e. The zero-order valence-corrected chi connectivity index (χ0v) is 11.5. The molecule has 0 heterocycles. The van der Waals surface area contributed by atoms with Gasteiger partial charge in [0.1, 0.15) is 0 Å². The van der Waals surface area contributed by atoms with Crippen LogP contribution in [0.2, 0.25) is 0 Å². The average molecular weight is 298 g/mol. The number of hydrogen-bond acceptors (Lipinski definition) is 2. The summed E-state index contributed by atoms with van der Waals surface area (Å²) in [7, 11) is 0. The Hall–Kier alpha value is -1.13. The van der Waals surface area contributed by atoms with Gasteiger partial charge in [-0.05, 0) is 31.5 Å². The highest BCUT2D eigenvalue weighted by Gasteiger charge is 2.04. The first-order chi connectivity index (χ1) is 8.00. The highest BCUT2D eigenvalue weighted by Crippen LogP contribution is 2.17. The van der Waals surface area contributed by atoms with Crippen LogP contribution in [0, 0.1) is 0 Å². The second-order valence-corrected chi connectivity index (χ2v) is 4.79. The van der Waals surface area contributed by atoms with Gasteiger partial charge in [0.15, 0.2) is 0 Å². The van der Waals surface area contributed by atoms with Gasteiger partial charge in [-0.15, -0.1) is 0 Å². The molecule has 0 aliphatic carbocycles. The molecule has 0 unspecified atom stereocenters. The van der Waals surface area contributed by atoms with E-state index in [2.05, 4.69) is 21.2 Å². The molecule has 4 heteroatoms. The Morgan fingerprint density at radius 3 is 2.88 bits per heavy atom. The predicted octanol–water partition coefficient (Wildman–Crippen LogP) is 3.13. The Balaban J connectivity index is 2.53. The first-order valence-corrected chi connectivity index (χ1v) is 6.19. The monoisotopic (exact) mass is 297 g/mol. The molecule has 0 amide bonds. The van der Waals surface area contributed by atoms with Crippen molar-refractivity contribution in [1.29, 1.82) is 0 Å². The van der Waals surface area contributed by atoms with Gasteiger partial charge < -0.3 is 10.4 Å². The fourth-order valence-corrected chi connectivity index (χ4v) is 1.79. The van der Waals surface area contributed by atoms with E-state index in [1.165, 1.54) is 5.56 Å². The molecule has 2 N–H and O–H groups in total. The Morgan fingerprint density at radius 1 is 1.59 bits per heavy atom. The highest BCUT2D eigenvalue weighted by atomic mass is 79.9. The number of rotatable bonds is 5. The molecule has 0 aliphatic rings. The maximum Gasteiger partial charge on any atom is 0.330 e. The minimum absolute atomic E-state index is 0.186. The third-order valence-corrected chi connectivity index (χ3v) is 3.01. The van der Waals surface area contributed by atoms with Crippen LogP contribution in [0.5, 0.6) is 0 Å². The zero-order valence-electron chi connectivity index (χ0n) is 9.90. The minimum Gasteiger partial charge on any atom is -0.478 e. The van der Waals surface area contributed by atoms with Crippen molar-refractivity contribution in [1.82, 2.24) is 5.32 Å². The lowest BCUT2D eigenvalue weighted by Crippen LogP contribution is -2.19. The van der Waals surface area contributed by atoms with Crippen LogP contribution in [0.3, 0.4) is 0 Å². The number of nitrogens with one attached hydrogen (secondary N) is 1. The number of carbonyl (C=O) groups is 1. The lowest BCUT2D eigenvalue weighted by Gasteiger charge is -2.13. The molecule has 0 saturated carbocycles. The van der Waals surface area contributed by atoms with Crippen molar-refractivity contribution in [2.24, 2.45) is 0 Å². The van der Waals surface area contributed by atoms with Gasteiger partial charge in [-0.2, -0.15) is 0 Å². The van der Waals surface area contributed by atoms with E-state index < -0.39 is 5.97 Å². The van der Waals surface area contributed by atoms with E-state index in [0.717, 1.165) is 4.47 Å². The zero-order chi connectivity index (χ0) is 12.8. The van der Waals surface area contributed by atoms with Crippen LogP contribution in [-0.2, 0) is 4.79 Å². The molecule has 0 spiro atoms. The Bertz CT molecular complexity index is 429. The molecule has 1 aromatic carbocycles. The summed E-state index contributed by atoms with van der Waals surface area (Å²) in [6.45, 7) is 4.19. The normalized spacial score (nSPS) is 13.5.